The molecule has 0 saturated heterocycles. The van der Waals surface area contributed by atoms with E-state index in [9.17, 15) is 4.79 Å². The molecule has 0 radical (unpaired) electrons. The molecule has 0 fully saturated rings. The molecule has 11 heteroatoms. The average molecular weight is 506 g/mol. The monoisotopic (exact) mass is 502 g/mol. The minimum atomic E-state index is -1.69. The Hall–Kier alpha value is 1.59. The SMILES string of the molecule is CC(C)(CC(Cl)C(Cl)(Cl)Cl)OC(=O)OC(C)(C)CC(Cl)C(Cl)(Cl)Cl. The summed E-state index contributed by atoms with van der Waals surface area (Å²) in [7, 11) is 0. The van der Waals surface area contributed by atoms with E-state index in [1.165, 1.54) is 0 Å². The fourth-order valence-corrected chi connectivity index (χ4v) is 2.86. The third-order valence-corrected chi connectivity index (χ3v) is 5.99. The van der Waals surface area contributed by atoms with E-state index in [1.807, 2.05) is 0 Å². The average Bonchev–Trinajstić information content (AvgIpc) is 2.21. The first-order chi connectivity index (χ1) is 10.4. The van der Waals surface area contributed by atoms with Gasteiger partial charge in [0, 0.05) is 12.8 Å². The Morgan fingerprint density at radius 2 is 1.00 bits per heavy atom. The van der Waals surface area contributed by atoms with Crippen molar-refractivity contribution in [3.63, 3.8) is 0 Å². The van der Waals surface area contributed by atoms with E-state index in [1.54, 1.807) is 27.7 Å². The quantitative estimate of drug-likeness (QED) is 0.278. The molecule has 0 aromatic rings. The van der Waals surface area contributed by atoms with Gasteiger partial charge in [-0.1, -0.05) is 69.6 Å². The molecule has 0 rings (SSSR count). The van der Waals surface area contributed by atoms with Crippen LogP contribution >= 0.6 is 92.8 Å². The van der Waals surface area contributed by atoms with Crippen molar-refractivity contribution in [3.8, 4) is 0 Å². The Kier molecular flexibility index (Phi) is 9.80. The summed E-state index contributed by atoms with van der Waals surface area (Å²) in [6, 6.07) is 0. The van der Waals surface area contributed by atoms with Gasteiger partial charge in [-0.25, -0.2) is 4.79 Å². The highest BCUT2D eigenvalue weighted by atomic mass is 35.6. The van der Waals surface area contributed by atoms with Gasteiger partial charge < -0.3 is 9.47 Å². The maximum Gasteiger partial charge on any atom is 0.509 e. The lowest BCUT2D eigenvalue weighted by Gasteiger charge is -2.33. The lowest BCUT2D eigenvalue weighted by atomic mass is 10.0. The normalized spacial score (nSPS) is 16.5. The highest BCUT2D eigenvalue weighted by Crippen LogP contribution is 2.40. The summed E-state index contributed by atoms with van der Waals surface area (Å²) in [6.45, 7) is 6.44. The number of rotatable bonds is 6. The van der Waals surface area contributed by atoms with E-state index >= 15 is 0 Å². The zero-order valence-electron chi connectivity index (χ0n) is 13.3. The molecule has 0 aliphatic rings. The van der Waals surface area contributed by atoms with E-state index in [2.05, 4.69) is 0 Å². The Morgan fingerprint density at radius 3 is 1.21 bits per heavy atom. The Labute approximate surface area is 182 Å². The second-order valence-electron chi connectivity index (χ2n) is 6.40. The van der Waals surface area contributed by atoms with Gasteiger partial charge in [0.05, 0.1) is 10.8 Å². The zero-order valence-corrected chi connectivity index (χ0v) is 19.4. The second kappa shape index (κ2) is 9.19. The minimum absolute atomic E-state index is 0.0901. The third-order valence-electron chi connectivity index (χ3n) is 2.77. The van der Waals surface area contributed by atoms with Crippen molar-refractivity contribution in [2.75, 3.05) is 0 Å². The van der Waals surface area contributed by atoms with E-state index in [0.717, 1.165) is 0 Å². The van der Waals surface area contributed by atoms with Crippen LogP contribution in [0.25, 0.3) is 0 Å². The molecular weight excluding hydrogens is 488 g/mol. The van der Waals surface area contributed by atoms with Crippen LogP contribution in [-0.4, -0.2) is 35.7 Å². The van der Waals surface area contributed by atoms with Crippen LogP contribution in [0.5, 0.6) is 0 Å². The van der Waals surface area contributed by atoms with E-state index in [0.29, 0.717) is 0 Å². The van der Waals surface area contributed by atoms with Gasteiger partial charge in [-0.2, -0.15) is 0 Å². The van der Waals surface area contributed by atoms with Crippen LogP contribution in [0.3, 0.4) is 0 Å². The van der Waals surface area contributed by atoms with E-state index < -0.39 is 35.7 Å². The molecule has 0 aromatic carbocycles. The van der Waals surface area contributed by atoms with Gasteiger partial charge in [0.25, 0.3) is 0 Å². The summed E-state index contributed by atoms with van der Waals surface area (Å²) in [6.07, 6.45) is -0.758. The predicted molar refractivity (Wildman–Crippen MR) is 105 cm³/mol. The second-order valence-corrected chi connectivity index (χ2v) is 12.2. The molecule has 24 heavy (non-hydrogen) atoms. The van der Waals surface area contributed by atoms with Gasteiger partial charge >= 0.3 is 6.16 Å². The van der Waals surface area contributed by atoms with Crippen LogP contribution in [-0.2, 0) is 9.47 Å². The largest absolute Gasteiger partial charge is 0.509 e. The van der Waals surface area contributed by atoms with Crippen molar-refractivity contribution in [1.29, 1.82) is 0 Å². The summed E-state index contributed by atoms with van der Waals surface area (Å²) in [4.78, 5) is 12.0. The number of carbonyl (C=O) groups excluding carboxylic acids is 1. The van der Waals surface area contributed by atoms with Gasteiger partial charge in [-0.05, 0) is 27.7 Å². The number of carbonyl (C=O) groups is 1. The number of alkyl halides is 8. The van der Waals surface area contributed by atoms with Crippen molar-refractivity contribution in [3.05, 3.63) is 0 Å². The fraction of sp³-hybridized carbons (Fsp3) is 0.923. The van der Waals surface area contributed by atoms with Crippen LogP contribution in [0.15, 0.2) is 0 Å². The maximum atomic E-state index is 12.0. The van der Waals surface area contributed by atoms with Crippen LogP contribution < -0.4 is 0 Å². The van der Waals surface area contributed by atoms with Crippen LogP contribution in [0.2, 0.25) is 0 Å². The standard InChI is InChI=1S/C13H18Cl8O3/c1-10(2,5-7(14)12(16,17)18)23-9(22)24-11(3,4)6-8(15)13(19,20)21/h7-8H,5-6H2,1-4H3. The maximum absolute atomic E-state index is 12.0. The molecule has 0 heterocycles. The minimum Gasteiger partial charge on any atom is -0.428 e. The Morgan fingerprint density at radius 1 is 0.750 bits per heavy atom. The topological polar surface area (TPSA) is 35.5 Å². The lowest BCUT2D eigenvalue weighted by molar-refractivity contribution is -0.0635. The Bertz CT molecular complexity index is 390. The van der Waals surface area contributed by atoms with Crippen molar-refractivity contribution in [2.45, 2.75) is 70.1 Å². The third kappa shape index (κ3) is 10.7. The lowest BCUT2D eigenvalue weighted by Crippen LogP contribution is -2.39. The molecule has 2 atom stereocenters. The highest BCUT2D eigenvalue weighted by molar-refractivity contribution is 6.70. The zero-order chi connectivity index (χ0) is 19.6. The van der Waals surface area contributed by atoms with Crippen LogP contribution in [0.4, 0.5) is 4.79 Å². The first-order valence-electron chi connectivity index (χ1n) is 6.69. The van der Waals surface area contributed by atoms with Gasteiger partial charge in [0.2, 0.25) is 7.59 Å². The molecule has 0 aliphatic heterocycles. The first kappa shape index (κ1) is 25.6. The van der Waals surface area contributed by atoms with Gasteiger partial charge in [0.15, 0.2) is 0 Å². The Balaban J connectivity index is 4.71. The summed E-state index contributed by atoms with van der Waals surface area (Å²) >= 11 is 46.2. The van der Waals surface area contributed by atoms with Crippen LogP contribution in [0, 0.1) is 0 Å². The number of halogens is 8. The van der Waals surface area contributed by atoms with Gasteiger partial charge in [-0.15, -0.1) is 23.2 Å². The molecule has 0 saturated carbocycles. The van der Waals surface area contributed by atoms with Gasteiger partial charge in [0.1, 0.15) is 11.2 Å². The molecule has 0 bridgehead atoms. The predicted octanol–water partition coefficient (Wildman–Crippen LogP) is 7.43. The molecular formula is C13H18Cl8O3. The van der Waals surface area contributed by atoms with Crippen molar-refractivity contribution < 1.29 is 14.3 Å². The number of ether oxygens (including phenoxy) is 2. The summed E-state index contributed by atoms with van der Waals surface area (Å²) < 4.78 is 7.10. The molecule has 0 amide bonds. The molecule has 2 unspecified atom stereocenters. The van der Waals surface area contributed by atoms with Crippen molar-refractivity contribution in [1.82, 2.24) is 0 Å². The summed E-state index contributed by atoms with van der Waals surface area (Å²) in [5.41, 5.74) is -2.06. The summed E-state index contributed by atoms with van der Waals surface area (Å²) in [5, 5.41) is -1.73. The van der Waals surface area contributed by atoms with Crippen molar-refractivity contribution >= 4 is 99.0 Å². The molecule has 0 spiro atoms. The fourth-order valence-electron chi connectivity index (χ4n) is 1.65. The highest BCUT2D eigenvalue weighted by Gasteiger charge is 2.40. The smallest absolute Gasteiger partial charge is 0.428 e. The molecule has 144 valence electrons. The van der Waals surface area contributed by atoms with Gasteiger partial charge in [-0.3, -0.25) is 0 Å². The van der Waals surface area contributed by atoms with Crippen LogP contribution in [0.1, 0.15) is 40.5 Å². The number of hydrogen-bond donors (Lipinski definition) is 0. The number of hydrogen-bond acceptors (Lipinski definition) is 3. The molecule has 3 nitrogen and oxygen atoms in total. The van der Waals surface area contributed by atoms with E-state index in [4.69, 9.17) is 102 Å². The molecule has 0 N–H and O–H groups in total. The molecule has 0 aromatic heterocycles. The van der Waals surface area contributed by atoms with Crippen molar-refractivity contribution in [2.24, 2.45) is 0 Å². The first-order valence-corrected chi connectivity index (χ1v) is 9.83. The van der Waals surface area contributed by atoms with E-state index in [-0.39, 0.29) is 12.8 Å². The summed E-state index contributed by atoms with van der Waals surface area (Å²) in [5.74, 6) is 0. The molecule has 0 aliphatic carbocycles.